The Bertz CT molecular complexity index is 679. The van der Waals surface area contributed by atoms with Crippen LogP contribution < -0.4 is 0 Å². The molecule has 2 aromatic rings. The maximum Gasteiger partial charge on any atom is 0.170 e. The number of Topliss-reactive ketones (excluding diaryl/α,β-unsaturated/α-hetero) is 1. The summed E-state index contributed by atoms with van der Waals surface area (Å²) in [4.78, 5) is 12.6. The summed E-state index contributed by atoms with van der Waals surface area (Å²) in [5, 5.41) is 0.646. The van der Waals surface area contributed by atoms with E-state index in [9.17, 15) is 4.79 Å². The Kier molecular flexibility index (Phi) is 4.09. The molecule has 1 aliphatic rings. The Morgan fingerprint density at radius 3 is 2.90 bits per heavy atom. The van der Waals surface area contributed by atoms with Gasteiger partial charge in [-0.1, -0.05) is 48.0 Å². The van der Waals surface area contributed by atoms with Crippen LogP contribution in [-0.4, -0.2) is 12.4 Å². The fourth-order valence-corrected chi connectivity index (χ4v) is 3.04. The van der Waals surface area contributed by atoms with Crippen molar-refractivity contribution in [2.75, 3.05) is 6.61 Å². The normalized spacial score (nSPS) is 17.3. The van der Waals surface area contributed by atoms with Gasteiger partial charge in [0.1, 0.15) is 6.10 Å². The predicted octanol–water partition coefficient (Wildman–Crippen LogP) is 4.07. The van der Waals surface area contributed by atoms with Crippen LogP contribution in [0.25, 0.3) is 0 Å². The van der Waals surface area contributed by atoms with E-state index in [-0.39, 0.29) is 5.78 Å². The molecule has 21 heavy (non-hydrogen) atoms. The van der Waals surface area contributed by atoms with E-state index in [1.807, 2.05) is 43.3 Å². The van der Waals surface area contributed by atoms with Crippen LogP contribution in [0.3, 0.4) is 0 Å². The lowest BCUT2D eigenvalue weighted by atomic mass is 9.92. The van der Waals surface area contributed by atoms with E-state index in [2.05, 4.69) is 6.07 Å². The molecular weight excluding hydrogens is 284 g/mol. The van der Waals surface area contributed by atoms with Crippen molar-refractivity contribution in [3.05, 3.63) is 69.7 Å². The maximum absolute atomic E-state index is 12.6. The Labute approximate surface area is 129 Å². The summed E-state index contributed by atoms with van der Waals surface area (Å²) in [5.74, 6) is 0.0629. The van der Waals surface area contributed by atoms with Crippen LogP contribution in [0.2, 0.25) is 5.02 Å². The topological polar surface area (TPSA) is 26.3 Å². The molecule has 1 aliphatic heterocycles. The lowest BCUT2D eigenvalue weighted by molar-refractivity contribution is -0.131. The third-order valence-corrected chi connectivity index (χ3v) is 4.21. The van der Waals surface area contributed by atoms with Gasteiger partial charge in [-0.2, -0.15) is 0 Å². The van der Waals surface area contributed by atoms with Crippen molar-refractivity contribution in [1.82, 2.24) is 0 Å². The van der Waals surface area contributed by atoms with Crippen molar-refractivity contribution >= 4 is 17.4 Å². The van der Waals surface area contributed by atoms with Crippen LogP contribution in [0.15, 0.2) is 42.5 Å². The molecule has 0 fully saturated rings. The second kappa shape index (κ2) is 6.00. The van der Waals surface area contributed by atoms with Crippen molar-refractivity contribution in [2.45, 2.75) is 25.9 Å². The quantitative estimate of drug-likeness (QED) is 0.854. The van der Waals surface area contributed by atoms with Crippen molar-refractivity contribution in [2.24, 2.45) is 0 Å². The van der Waals surface area contributed by atoms with Gasteiger partial charge in [-0.05, 0) is 41.7 Å². The van der Waals surface area contributed by atoms with Gasteiger partial charge in [0, 0.05) is 11.4 Å². The van der Waals surface area contributed by atoms with E-state index in [1.54, 1.807) is 0 Å². The predicted molar refractivity (Wildman–Crippen MR) is 83.7 cm³/mol. The van der Waals surface area contributed by atoms with Gasteiger partial charge in [-0.15, -0.1) is 0 Å². The van der Waals surface area contributed by atoms with E-state index in [4.69, 9.17) is 16.3 Å². The summed E-state index contributed by atoms with van der Waals surface area (Å²) in [6.07, 6.45) is 0.705. The van der Waals surface area contributed by atoms with Gasteiger partial charge in [0.05, 0.1) is 6.61 Å². The Morgan fingerprint density at radius 1 is 1.29 bits per heavy atom. The van der Waals surface area contributed by atoms with Crippen LogP contribution >= 0.6 is 11.6 Å². The van der Waals surface area contributed by atoms with Crippen molar-refractivity contribution in [3.8, 4) is 0 Å². The van der Waals surface area contributed by atoms with Crippen LogP contribution in [0.4, 0.5) is 0 Å². The number of halogens is 1. The van der Waals surface area contributed by atoms with Crippen LogP contribution in [0.5, 0.6) is 0 Å². The first-order chi connectivity index (χ1) is 10.1. The molecule has 1 unspecified atom stereocenters. The van der Waals surface area contributed by atoms with E-state index in [1.165, 1.54) is 5.56 Å². The highest BCUT2D eigenvalue weighted by Gasteiger charge is 2.27. The lowest BCUT2D eigenvalue weighted by Crippen LogP contribution is -2.24. The first-order valence-electron chi connectivity index (χ1n) is 7.12. The Morgan fingerprint density at radius 2 is 2.10 bits per heavy atom. The smallest absolute Gasteiger partial charge is 0.170 e. The molecular formula is C18H17ClO2. The van der Waals surface area contributed by atoms with Crippen LogP contribution in [-0.2, 0) is 22.4 Å². The fraction of sp³-hybridized carbons (Fsp3) is 0.278. The van der Waals surface area contributed by atoms with E-state index in [0.29, 0.717) is 18.1 Å². The molecule has 2 nitrogen and oxygen atoms in total. The van der Waals surface area contributed by atoms with E-state index < -0.39 is 6.10 Å². The van der Waals surface area contributed by atoms with Gasteiger partial charge in [0.25, 0.3) is 0 Å². The average molecular weight is 301 g/mol. The summed E-state index contributed by atoms with van der Waals surface area (Å²) >= 11 is 6.22. The van der Waals surface area contributed by atoms with Gasteiger partial charge >= 0.3 is 0 Å². The number of carbonyl (C=O) groups excluding carboxylic acids is 1. The minimum atomic E-state index is -0.465. The van der Waals surface area contributed by atoms with E-state index in [0.717, 1.165) is 23.1 Å². The molecule has 0 N–H and O–H groups in total. The number of benzene rings is 2. The second-order valence-electron chi connectivity index (χ2n) is 5.44. The summed E-state index contributed by atoms with van der Waals surface area (Å²) in [7, 11) is 0. The largest absolute Gasteiger partial charge is 0.365 e. The van der Waals surface area contributed by atoms with Gasteiger partial charge in [0.15, 0.2) is 5.78 Å². The van der Waals surface area contributed by atoms with Gasteiger partial charge in [0.2, 0.25) is 0 Å². The number of hydrogen-bond donors (Lipinski definition) is 0. The number of rotatable bonds is 3. The zero-order chi connectivity index (χ0) is 14.8. The fourth-order valence-electron chi connectivity index (χ4n) is 2.74. The number of aryl methyl sites for hydroxylation is 1. The number of carbonyl (C=O) groups is 1. The molecule has 0 aliphatic carbocycles. The molecule has 0 radical (unpaired) electrons. The van der Waals surface area contributed by atoms with Crippen LogP contribution in [0.1, 0.15) is 28.4 Å². The number of fused-ring (bicyclic) bond motifs is 1. The summed E-state index contributed by atoms with van der Waals surface area (Å²) in [6.45, 7) is 2.58. The third-order valence-electron chi connectivity index (χ3n) is 3.86. The Hall–Kier alpha value is -1.64. The highest BCUT2D eigenvalue weighted by Crippen LogP contribution is 2.29. The van der Waals surface area contributed by atoms with Crippen molar-refractivity contribution < 1.29 is 9.53 Å². The average Bonchev–Trinajstić information content (AvgIpc) is 2.49. The minimum Gasteiger partial charge on any atom is -0.365 e. The molecule has 0 amide bonds. The number of ketones is 1. The van der Waals surface area contributed by atoms with Gasteiger partial charge in [-0.25, -0.2) is 0 Å². The molecule has 1 atom stereocenters. The van der Waals surface area contributed by atoms with E-state index >= 15 is 0 Å². The monoisotopic (exact) mass is 300 g/mol. The molecule has 0 saturated carbocycles. The molecule has 3 heteroatoms. The van der Waals surface area contributed by atoms with Gasteiger partial charge < -0.3 is 4.74 Å². The highest BCUT2D eigenvalue weighted by molar-refractivity contribution is 6.31. The SMILES string of the molecule is Cc1ccc(CC(=O)C2OCCc3ccccc32)c(Cl)c1. The third kappa shape index (κ3) is 3.02. The van der Waals surface area contributed by atoms with Gasteiger partial charge in [-0.3, -0.25) is 4.79 Å². The maximum atomic E-state index is 12.6. The molecule has 0 saturated heterocycles. The first kappa shape index (κ1) is 14.3. The molecule has 108 valence electrons. The van der Waals surface area contributed by atoms with Crippen molar-refractivity contribution in [3.63, 3.8) is 0 Å². The Balaban J connectivity index is 1.83. The minimum absolute atomic E-state index is 0.0629. The molecule has 0 spiro atoms. The lowest BCUT2D eigenvalue weighted by Gasteiger charge is -2.25. The number of hydrogen-bond acceptors (Lipinski definition) is 2. The molecule has 2 aromatic carbocycles. The molecule has 0 bridgehead atoms. The zero-order valence-corrected chi connectivity index (χ0v) is 12.7. The standard InChI is InChI=1S/C18H17ClO2/c1-12-6-7-14(16(19)10-12)11-17(20)18-15-5-3-2-4-13(15)8-9-21-18/h2-7,10,18H,8-9,11H2,1H3. The summed E-state index contributed by atoms with van der Waals surface area (Å²) in [6, 6.07) is 13.8. The summed E-state index contributed by atoms with van der Waals surface area (Å²) < 4.78 is 5.71. The highest BCUT2D eigenvalue weighted by atomic mass is 35.5. The first-order valence-corrected chi connectivity index (χ1v) is 7.50. The second-order valence-corrected chi connectivity index (χ2v) is 5.84. The zero-order valence-electron chi connectivity index (χ0n) is 11.9. The molecule has 1 heterocycles. The molecule has 3 rings (SSSR count). The molecule has 0 aromatic heterocycles. The van der Waals surface area contributed by atoms with Crippen molar-refractivity contribution in [1.29, 1.82) is 0 Å². The number of ether oxygens (including phenoxy) is 1. The van der Waals surface area contributed by atoms with Crippen LogP contribution in [0, 0.1) is 6.92 Å². The summed E-state index contributed by atoms with van der Waals surface area (Å²) in [5.41, 5.74) is 4.16.